The molecule has 7 nitrogen and oxygen atoms in total. The molecule has 0 unspecified atom stereocenters. The fraction of sp³-hybridized carbons (Fsp3) is 0.455. The van der Waals surface area contributed by atoms with Gasteiger partial charge in [-0.3, -0.25) is 14.9 Å². The molecule has 102 valence electrons. The van der Waals surface area contributed by atoms with Gasteiger partial charge in [-0.1, -0.05) is 0 Å². The zero-order valence-corrected chi connectivity index (χ0v) is 11.0. The number of rotatable bonds is 3. The average molecular weight is 282 g/mol. The van der Waals surface area contributed by atoms with Crippen LogP contribution in [0.25, 0.3) is 0 Å². The molecular formula is C11H14N4O3S. The van der Waals surface area contributed by atoms with Gasteiger partial charge in [-0.15, -0.1) is 0 Å². The van der Waals surface area contributed by atoms with E-state index in [0.717, 1.165) is 36.6 Å². The van der Waals surface area contributed by atoms with Crippen LogP contribution in [0.15, 0.2) is 12.3 Å². The summed E-state index contributed by atoms with van der Waals surface area (Å²) in [5.74, 6) is 1.63. The van der Waals surface area contributed by atoms with Crippen LogP contribution in [0.4, 0.5) is 11.5 Å². The Bertz CT molecular complexity index is 503. The van der Waals surface area contributed by atoms with Crippen LogP contribution in [0.2, 0.25) is 0 Å². The van der Waals surface area contributed by atoms with Gasteiger partial charge in [0.2, 0.25) is 0 Å². The van der Waals surface area contributed by atoms with E-state index in [0.29, 0.717) is 0 Å². The number of anilines is 1. The molecule has 1 saturated heterocycles. The predicted molar refractivity (Wildman–Crippen MR) is 73.1 cm³/mol. The molecule has 2 rings (SSSR count). The Hall–Kier alpha value is -1.83. The maximum absolute atomic E-state index is 12.0. The summed E-state index contributed by atoms with van der Waals surface area (Å²) in [6, 6.07) is 1.27. The molecule has 19 heavy (non-hydrogen) atoms. The number of thioether (sulfide) groups is 1. The molecule has 0 aliphatic carbocycles. The maximum Gasteiger partial charge on any atom is 0.288 e. The molecule has 0 bridgehead atoms. The number of hydrogen-bond acceptors (Lipinski definition) is 6. The summed E-state index contributed by atoms with van der Waals surface area (Å²) in [6.07, 6.45) is 2.85. The Kier molecular flexibility index (Phi) is 4.20. The SMILES string of the molecule is Nc1ncc([N+](=O)[O-])cc1C(=O)NC1CCSCC1. The van der Waals surface area contributed by atoms with Crippen LogP contribution in [0.3, 0.4) is 0 Å². The third-order valence-corrected chi connectivity index (χ3v) is 3.96. The van der Waals surface area contributed by atoms with Crippen molar-refractivity contribution in [2.45, 2.75) is 18.9 Å². The highest BCUT2D eigenvalue weighted by atomic mass is 32.2. The van der Waals surface area contributed by atoms with Gasteiger partial charge >= 0.3 is 0 Å². The number of carbonyl (C=O) groups is 1. The van der Waals surface area contributed by atoms with E-state index in [9.17, 15) is 14.9 Å². The van der Waals surface area contributed by atoms with Gasteiger partial charge in [0.05, 0.1) is 10.5 Å². The van der Waals surface area contributed by atoms with E-state index in [1.807, 2.05) is 11.8 Å². The van der Waals surface area contributed by atoms with E-state index in [4.69, 9.17) is 5.73 Å². The van der Waals surface area contributed by atoms with Crippen molar-refractivity contribution in [1.29, 1.82) is 0 Å². The van der Waals surface area contributed by atoms with Gasteiger partial charge in [-0.25, -0.2) is 4.98 Å². The van der Waals surface area contributed by atoms with Crippen molar-refractivity contribution in [3.63, 3.8) is 0 Å². The number of nitrogens with one attached hydrogen (secondary N) is 1. The molecule has 1 aromatic rings. The standard InChI is InChI=1S/C11H14N4O3S/c12-10-9(5-8(6-13-10)15(17)18)11(16)14-7-1-3-19-4-2-7/h5-7H,1-4H2,(H2,12,13)(H,14,16). The monoisotopic (exact) mass is 282 g/mol. The number of aromatic nitrogens is 1. The van der Waals surface area contributed by atoms with E-state index in [-0.39, 0.29) is 23.1 Å². The van der Waals surface area contributed by atoms with Crippen LogP contribution < -0.4 is 11.1 Å². The molecule has 0 aromatic carbocycles. The Morgan fingerprint density at radius 2 is 2.21 bits per heavy atom. The fourth-order valence-electron chi connectivity index (χ4n) is 1.85. The van der Waals surface area contributed by atoms with Gasteiger partial charge < -0.3 is 11.1 Å². The molecule has 8 heteroatoms. The summed E-state index contributed by atoms with van der Waals surface area (Å²) < 4.78 is 0. The van der Waals surface area contributed by atoms with Crippen molar-refractivity contribution >= 4 is 29.2 Å². The van der Waals surface area contributed by atoms with Gasteiger partial charge in [-0.05, 0) is 24.3 Å². The van der Waals surface area contributed by atoms with Crippen molar-refractivity contribution in [3.8, 4) is 0 Å². The zero-order chi connectivity index (χ0) is 13.8. The third-order valence-electron chi connectivity index (χ3n) is 2.92. The normalized spacial score (nSPS) is 16.0. The number of hydrogen-bond donors (Lipinski definition) is 2. The van der Waals surface area contributed by atoms with Crippen molar-refractivity contribution in [2.75, 3.05) is 17.2 Å². The lowest BCUT2D eigenvalue weighted by molar-refractivity contribution is -0.385. The highest BCUT2D eigenvalue weighted by molar-refractivity contribution is 7.99. The van der Waals surface area contributed by atoms with E-state index in [1.165, 1.54) is 0 Å². The van der Waals surface area contributed by atoms with Crippen LogP contribution in [0.5, 0.6) is 0 Å². The third kappa shape index (κ3) is 3.34. The second kappa shape index (κ2) is 5.87. The van der Waals surface area contributed by atoms with Crippen LogP contribution in [0, 0.1) is 10.1 Å². The van der Waals surface area contributed by atoms with Crippen molar-refractivity contribution in [1.82, 2.24) is 10.3 Å². The highest BCUT2D eigenvalue weighted by Crippen LogP contribution is 2.20. The first-order valence-corrected chi connectivity index (χ1v) is 7.02. The summed E-state index contributed by atoms with van der Waals surface area (Å²) >= 11 is 1.85. The van der Waals surface area contributed by atoms with E-state index in [1.54, 1.807) is 0 Å². The molecule has 0 atom stereocenters. The topological polar surface area (TPSA) is 111 Å². The quantitative estimate of drug-likeness (QED) is 0.636. The summed E-state index contributed by atoms with van der Waals surface area (Å²) in [4.78, 5) is 25.8. The van der Waals surface area contributed by atoms with Gasteiger partial charge in [0.15, 0.2) is 0 Å². The first kappa shape index (κ1) is 13.6. The largest absolute Gasteiger partial charge is 0.383 e. The molecule has 1 aliphatic rings. The molecule has 0 radical (unpaired) electrons. The molecule has 1 amide bonds. The number of nitrogens with two attached hydrogens (primary N) is 1. The first-order valence-electron chi connectivity index (χ1n) is 5.86. The molecular weight excluding hydrogens is 268 g/mol. The Balaban J connectivity index is 2.13. The summed E-state index contributed by atoms with van der Waals surface area (Å²) in [7, 11) is 0. The van der Waals surface area contributed by atoms with Crippen LogP contribution >= 0.6 is 11.8 Å². The van der Waals surface area contributed by atoms with Gasteiger partial charge in [0, 0.05) is 12.1 Å². The number of nitro groups is 1. The molecule has 1 aliphatic heterocycles. The Morgan fingerprint density at radius 1 is 1.53 bits per heavy atom. The van der Waals surface area contributed by atoms with Crippen LogP contribution in [-0.4, -0.2) is 33.4 Å². The average Bonchev–Trinajstić information content (AvgIpc) is 2.40. The van der Waals surface area contributed by atoms with Crippen LogP contribution in [-0.2, 0) is 0 Å². The molecule has 2 heterocycles. The summed E-state index contributed by atoms with van der Waals surface area (Å²) in [5.41, 5.74) is 5.42. The minimum absolute atomic E-state index is 0.00767. The van der Waals surface area contributed by atoms with E-state index >= 15 is 0 Å². The van der Waals surface area contributed by atoms with Gasteiger partial charge in [0.25, 0.3) is 11.6 Å². The molecule has 1 fully saturated rings. The summed E-state index contributed by atoms with van der Waals surface area (Å²) in [6.45, 7) is 0. The smallest absolute Gasteiger partial charge is 0.288 e. The number of nitrogens with zero attached hydrogens (tertiary/aromatic N) is 2. The Labute approximate surface area is 114 Å². The van der Waals surface area contributed by atoms with Crippen molar-refractivity contribution in [3.05, 3.63) is 27.9 Å². The maximum atomic E-state index is 12.0. The lowest BCUT2D eigenvalue weighted by atomic mass is 10.1. The van der Waals surface area contributed by atoms with E-state index < -0.39 is 10.8 Å². The summed E-state index contributed by atoms with van der Waals surface area (Å²) in [5, 5.41) is 13.5. The van der Waals surface area contributed by atoms with Crippen molar-refractivity contribution < 1.29 is 9.72 Å². The van der Waals surface area contributed by atoms with Gasteiger partial charge in [0.1, 0.15) is 12.0 Å². The molecule has 0 saturated carbocycles. The first-order chi connectivity index (χ1) is 9.08. The fourth-order valence-corrected chi connectivity index (χ4v) is 2.96. The van der Waals surface area contributed by atoms with Crippen LogP contribution in [0.1, 0.15) is 23.2 Å². The molecule has 1 aromatic heterocycles. The number of nitrogen functional groups attached to an aromatic ring is 1. The zero-order valence-electron chi connectivity index (χ0n) is 10.2. The number of carbonyl (C=O) groups excluding carboxylic acids is 1. The second-order valence-corrected chi connectivity index (χ2v) is 5.47. The second-order valence-electron chi connectivity index (χ2n) is 4.24. The lowest BCUT2D eigenvalue weighted by Crippen LogP contribution is -2.37. The van der Waals surface area contributed by atoms with Gasteiger partial charge in [-0.2, -0.15) is 11.8 Å². The number of amides is 1. The predicted octanol–water partition coefficient (Wildman–Crippen LogP) is 1.20. The minimum Gasteiger partial charge on any atom is -0.383 e. The molecule has 3 N–H and O–H groups in total. The number of pyridine rings is 1. The van der Waals surface area contributed by atoms with E-state index in [2.05, 4.69) is 10.3 Å². The minimum atomic E-state index is -0.597. The highest BCUT2D eigenvalue weighted by Gasteiger charge is 2.20. The lowest BCUT2D eigenvalue weighted by Gasteiger charge is -2.22. The Morgan fingerprint density at radius 3 is 2.84 bits per heavy atom. The molecule has 0 spiro atoms. The van der Waals surface area contributed by atoms with Crippen molar-refractivity contribution in [2.24, 2.45) is 0 Å².